The molecule has 2 aromatic rings. The average Bonchev–Trinajstić information content (AvgIpc) is 2.76. The van der Waals surface area contributed by atoms with Crippen molar-refractivity contribution in [3.05, 3.63) is 48.3 Å². The van der Waals surface area contributed by atoms with Crippen LogP contribution in [0.15, 0.2) is 42.6 Å². The standard InChI is InChI=1S/C13H14N2O2/c1-15-9-3-4-12(15)13(16)14-10-5-7-11(17-2)8-6-10/h3-9H,1-2H3,(H,14,16). The maximum absolute atomic E-state index is 11.9. The summed E-state index contributed by atoms with van der Waals surface area (Å²) in [5, 5.41) is 2.82. The molecule has 0 unspecified atom stereocenters. The summed E-state index contributed by atoms with van der Waals surface area (Å²) >= 11 is 0. The van der Waals surface area contributed by atoms with Crippen LogP contribution in [0.5, 0.6) is 5.75 Å². The van der Waals surface area contributed by atoms with Crippen molar-refractivity contribution in [3.8, 4) is 5.75 Å². The Morgan fingerprint density at radius 2 is 1.94 bits per heavy atom. The Morgan fingerprint density at radius 1 is 1.24 bits per heavy atom. The van der Waals surface area contributed by atoms with Gasteiger partial charge in [-0.05, 0) is 36.4 Å². The highest BCUT2D eigenvalue weighted by Crippen LogP contribution is 2.15. The molecule has 0 spiro atoms. The number of carbonyl (C=O) groups excluding carboxylic acids is 1. The number of rotatable bonds is 3. The third kappa shape index (κ3) is 2.47. The van der Waals surface area contributed by atoms with E-state index in [4.69, 9.17) is 4.74 Å². The van der Waals surface area contributed by atoms with E-state index in [9.17, 15) is 4.79 Å². The number of nitrogens with one attached hydrogen (secondary N) is 1. The van der Waals surface area contributed by atoms with Gasteiger partial charge < -0.3 is 14.6 Å². The van der Waals surface area contributed by atoms with E-state index in [2.05, 4.69) is 5.32 Å². The van der Waals surface area contributed by atoms with Gasteiger partial charge in [0.25, 0.3) is 5.91 Å². The fourth-order valence-corrected chi connectivity index (χ4v) is 1.57. The zero-order valence-corrected chi connectivity index (χ0v) is 9.81. The zero-order valence-electron chi connectivity index (χ0n) is 9.81. The molecule has 1 N–H and O–H groups in total. The van der Waals surface area contributed by atoms with Crippen LogP contribution in [0, 0.1) is 0 Å². The monoisotopic (exact) mass is 230 g/mol. The number of aryl methyl sites for hydroxylation is 1. The van der Waals surface area contributed by atoms with Gasteiger partial charge >= 0.3 is 0 Å². The average molecular weight is 230 g/mol. The smallest absolute Gasteiger partial charge is 0.272 e. The van der Waals surface area contributed by atoms with Crippen molar-refractivity contribution in [1.82, 2.24) is 4.57 Å². The molecule has 0 fully saturated rings. The summed E-state index contributed by atoms with van der Waals surface area (Å²) in [7, 11) is 3.44. The van der Waals surface area contributed by atoms with E-state index in [1.165, 1.54) is 0 Å². The van der Waals surface area contributed by atoms with E-state index in [0.717, 1.165) is 11.4 Å². The Kier molecular flexibility index (Phi) is 3.14. The highest BCUT2D eigenvalue weighted by Gasteiger charge is 2.08. The minimum absolute atomic E-state index is 0.123. The summed E-state index contributed by atoms with van der Waals surface area (Å²) in [6, 6.07) is 10.8. The van der Waals surface area contributed by atoms with E-state index in [0.29, 0.717) is 5.69 Å². The van der Waals surface area contributed by atoms with Crippen molar-refractivity contribution >= 4 is 11.6 Å². The van der Waals surface area contributed by atoms with Crippen LogP contribution >= 0.6 is 0 Å². The molecule has 0 saturated carbocycles. The predicted octanol–water partition coefficient (Wildman–Crippen LogP) is 2.29. The maximum Gasteiger partial charge on any atom is 0.272 e. The number of aromatic nitrogens is 1. The molecule has 4 heteroatoms. The summed E-state index contributed by atoms with van der Waals surface area (Å²) in [6.07, 6.45) is 1.84. The molecule has 1 amide bonds. The Bertz CT molecular complexity index is 514. The Labute approximate surface area is 99.8 Å². The van der Waals surface area contributed by atoms with Crippen molar-refractivity contribution in [2.75, 3.05) is 12.4 Å². The first-order chi connectivity index (χ1) is 8.20. The molecule has 1 aromatic heterocycles. The maximum atomic E-state index is 11.9. The lowest BCUT2D eigenvalue weighted by Crippen LogP contribution is -2.15. The molecule has 0 aliphatic carbocycles. The molecule has 0 aliphatic rings. The molecule has 0 atom stereocenters. The first-order valence-electron chi connectivity index (χ1n) is 5.27. The summed E-state index contributed by atoms with van der Waals surface area (Å²) < 4.78 is 6.83. The van der Waals surface area contributed by atoms with Crippen LogP contribution in [0.1, 0.15) is 10.5 Å². The van der Waals surface area contributed by atoms with E-state index in [-0.39, 0.29) is 5.91 Å². The normalized spacial score (nSPS) is 10.0. The number of benzene rings is 1. The van der Waals surface area contributed by atoms with Gasteiger partial charge in [0.15, 0.2) is 0 Å². The number of amides is 1. The van der Waals surface area contributed by atoms with Crippen LogP contribution in [0.2, 0.25) is 0 Å². The Morgan fingerprint density at radius 3 is 2.47 bits per heavy atom. The van der Waals surface area contributed by atoms with Gasteiger partial charge in [0.05, 0.1) is 7.11 Å². The summed E-state index contributed by atoms with van der Waals surface area (Å²) in [6.45, 7) is 0. The topological polar surface area (TPSA) is 43.3 Å². The number of carbonyl (C=O) groups is 1. The van der Waals surface area contributed by atoms with Gasteiger partial charge in [-0.15, -0.1) is 0 Å². The quantitative estimate of drug-likeness (QED) is 0.879. The number of anilines is 1. The van der Waals surface area contributed by atoms with Crippen molar-refractivity contribution < 1.29 is 9.53 Å². The van der Waals surface area contributed by atoms with Crippen molar-refractivity contribution in [2.45, 2.75) is 0 Å². The molecule has 0 aliphatic heterocycles. The van der Waals surface area contributed by atoms with Crippen LogP contribution in [0.3, 0.4) is 0 Å². The van der Waals surface area contributed by atoms with Crippen LogP contribution in [0.25, 0.3) is 0 Å². The molecule has 2 rings (SSSR count). The van der Waals surface area contributed by atoms with Gasteiger partial charge in [0.1, 0.15) is 11.4 Å². The SMILES string of the molecule is COc1ccc(NC(=O)c2cccn2C)cc1. The van der Waals surface area contributed by atoms with Crippen molar-refractivity contribution in [3.63, 3.8) is 0 Å². The molecule has 1 aromatic carbocycles. The highest BCUT2D eigenvalue weighted by atomic mass is 16.5. The predicted molar refractivity (Wildman–Crippen MR) is 66.4 cm³/mol. The second-order valence-electron chi connectivity index (χ2n) is 3.69. The molecular weight excluding hydrogens is 216 g/mol. The second-order valence-corrected chi connectivity index (χ2v) is 3.69. The summed E-state index contributed by atoms with van der Waals surface area (Å²) in [4.78, 5) is 11.9. The Balaban J connectivity index is 2.10. The van der Waals surface area contributed by atoms with Gasteiger partial charge in [-0.25, -0.2) is 0 Å². The third-order valence-corrected chi connectivity index (χ3v) is 2.52. The first kappa shape index (κ1) is 11.3. The number of methoxy groups -OCH3 is 1. The first-order valence-corrected chi connectivity index (χ1v) is 5.27. The lowest BCUT2D eigenvalue weighted by Gasteiger charge is -2.06. The largest absolute Gasteiger partial charge is 0.497 e. The van der Waals surface area contributed by atoms with Crippen LogP contribution in [0.4, 0.5) is 5.69 Å². The van der Waals surface area contributed by atoms with Gasteiger partial charge in [-0.1, -0.05) is 0 Å². The summed E-state index contributed by atoms with van der Waals surface area (Å²) in [5.41, 5.74) is 1.37. The van der Waals surface area contributed by atoms with Crippen LogP contribution < -0.4 is 10.1 Å². The molecule has 1 heterocycles. The van der Waals surface area contributed by atoms with Crippen molar-refractivity contribution in [2.24, 2.45) is 7.05 Å². The third-order valence-electron chi connectivity index (χ3n) is 2.52. The lowest BCUT2D eigenvalue weighted by molar-refractivity contribution is 0.101. The van der Waals surface area contributed by atoms with Gasteiger partial charge in [0, 0.05) is 18.9 Å². The lowest BCUT2D eigenvalue weighted by atomic mass is 10.3. The fraction of sp³-hybridized carbons (Fsp3) is 0.154. The minimum Gasteiger partial charge on any atom is -0.497 e. The summed E-state index contributed by atoms with van der Waals surface area (Å²) in [5.74, 6) is 0.643. The number of nitrogens with zero attached hydrogens (tertiary/aromatic N) is 1. The van der Waals surface area contributed by atoms with Crippen LogP contribution in [-0.2, 0) is 7.05 Å². The van der Waals surface area contributed by atoms with Crippen LogP contribution in [-0.4, -0.2) is 17.6 Å². The minimum atomic E-state index is -0.123. The van der Waals surface area contributed by atoms with E-state index >= 15 is 0 Å². The molecule has 17 heavy (non-hydrogen) atoms. The zero-order chi connectivity index (χ0) is 12.3. The van der Waals surface area contributed by atoms with E-state index < -0.39 is 0 Å². The molecular formula is C13H14N2O2. The van der Waals surface area contributed by atoms with Gasteiger partial charge in [-0.3, -0.25) is 4.79 Å². The molecule has 88 valence electrons. The van der Waals surface area contributed by atoms with Crippen molar-refractivity contribution in [1.29, 1.82) is 0 Å². The highest BCUT2D eigenvalue weighted by molar-refractivity contribution is 6.03. The molecule has 0 bridgehead atoms. The van der Waals surface area contributed by atoms with Gasteiger partial charge in [-0.2, -0.15) is 0 Å². The number of hydrogen-bond donors (Lipinski definition) is 1. The molecule has 4 nitrogen and oxygen atoms in total. The second kappa shape index (κ2) is 4.74. The number of ether oxygens (including phenoxy) is 1. The van der Waals surface area contributed by atoms with Gasteiger partial charge in [0.2, 0.25) is 0 Å². The Hall–Kier alpha value is -2.23. The fourth-order valence-electron chi connectivity index (χ4n) is 1.57. The number of hydrogen-bond acceptors (Lipinski definition) is 2. The van der Waals surface area contributed by atoms with E-state index in [1.54, 1.807) is 42.0 Å². The molecule has 0 saturated heterocycles. The molecule has 0 radical (unpaired) electrons. The van der Waals surface area contributed by atoms with E-state index in [1.807, 2.05) is 19.3 Å².